The summed E-state index contributed by atoms with van der Waals surface area (Å²) in [7, 11) is 0. The Hall–Kier alpha value is -9.42. The van der Waals surface area contributed by atoms with Crippen molar-refractivity contribution in [3.63, 3.8) is 0 Å². The number of anilines is 2. The van der Waals surface area contributed by atoms with Crippen molar-refractivity contribution >= 4 is 101 Å². The number of para-hydroxylation sites is 6. The second-order valence-corrected chi connectivity index (χ2v) is 18.8. The van der Waals surface area contributed by atoms with Crippen molar-refractivity contribution in [2.24, 2.45) is 23.7 Å². The van der Waals surface area contributed by atoms with Crippen LogP contribution in [0.1, 0.15) is 5.56 Å². The van der Waals surface area contributed by atoms with Crippen LogP contribution in [0.4, 0.5) is 11.7 Å². The molecule has 8 aromatic carbocycles. The second kappa shape index (κ2) is 14.3. The number of hydrogen-bond donors (Lipinski definition) is 0. The van der Waals surface area contributed by atoms with Gasteiger partial charge in [0, 0.05) is 37.9 Å². The van der Waals surface area contributed by atoms with Gasteiger partial charge >= 0.3 is 6.01 Å². The average molecular weight is 924 g/mol. The van der Waals surface area contributed by atoms with Gasteiger partial charge < -0.3 is 18.1 Å². The lowest BCUT2D eigenvalue weighted by molar-refractivity contribution is -0.146. The molecule has 12 nitrogen and oxygen atoms in total. The van der Waals surface area contributed by atoms with Crippen LogP contribution in [-0.4, -0.2) is 47.5 Å². The van der Waals surface area contributed by atoms with Crippen LogP contribution in [0.25, 0.3) is 93.9 Å². The lowest BCUT2D eigenvalue weighted by Gasteiger charge is -2.36. The van der Waals surface area contributed by atoms with Crippen molar-refractivity contribution in [1.82, 2.24) is 23.9 Å². The lowest BCUT2D eigenvalue weighted by atomic mass is 9.59. The van der Waals surface area contributed by atoms with E-state index in [4.69, 9.17) is 4.42 Å². The minimum absolute atomic E-state index is 0.138. The van der Waals surface area contributed by atoms with Crippen LogP contribution >= 0.6 is 0 Å². The molecular formula is C59H37N7O5. The summed E-state index contributed by atoms with van der Waals surface area (Å²) in [5.41, 5.74) is 9.65. The van der Waals surface area contributed by atoms with Crippen LogP contribution in [0.2, 0.25) is 0 Å². The first-order chi connectivity index (χ1) is 34.9. The highest BCUT2D eigenvalue weighted by atomic mass is 16.4. The number of nitrogens with zero attached hydrogens (tertiary/aromatic N) is 7. The number of aryl methyl sites for hydroxylation is 1. The molecule has 4 amide bonds. The quantitative estimate of drug-likeness (QED) is 0.152. The van der Waals surface area contributed by atoms with Gasteiger partial charge in [0.2, 0.25) is 29.5 Å². The summed E-state index contributed by atoms with van der Waals surface area (Å²) in [4.78, 5) is 62.1. The van der Waals surface area contributed by atoms with Crippen LogP contribution in [0.15, 0.2) is 186 Å². The summed E-state index contributed by atoms with van der Waals surface area (Å²) in [6.45, 7) is 1.96. The Morgan fingerprint density at radius 3 is 1.04 bits per heavy atom. The molecule has 0 spiro atoms. The van der Waals surface area contributed by atoms with E-state index in [2.05, 4.69) is 103 Å². The lowest BCUT2D eigenvalue weighted by Crippen LogP contribution is -2.50. The van der Waals surface area contributed by atoms with Gasteiger partial charge in [-0.1, -0.05) is 132 Å². The molecule has 2 aliphatic heterocycles. The first-order valence-corrected chi connectivity index (χ1v) is 23.7. The normalized spacial score (nSPS) is 18.8. The number of rotatable bonds is 6. The molecule has 71 heavy (non-hydrogen) atoms. The number of carbonyl (C=O) groups is 4. The smallest absolute Gasteiger partial charge is 0.332 e. The number of fused-ring (bicyclic) bond motifs is 13. The highest BCUT2D eigenvalue weighted by Gasteiger charge is 2.74. The van der Waals surface area contributed by atoms with Crippen molar-refractivity contribution in [1.29, 1.82) is 0 Å². The molecule has 338 valence electrons. The minimum Gasteiger partial charge on any atom is -0.403 e. The van der Waals surface area contributed by atoms with E-state index < -0.39 is 47.3 Å². The third-order valence-electron chi connectivity index (χ3n) is 15.2. The molecule has 0 bridgehead atoms. The molecular weight excluding hydrogens is 887 g/mol. The Balaban J connectivity index is 0.985. The van der Waals surface area contributed by atoms with Gasteiger partial charge in [-0.3, -0.25) is 19.2 Å². The maximum absolute atomic E-state index is 15.5. The number of carbonyl (C=O) groups excluding carboxylic acids is 4. The van der Waals surface area contributed by atoms with Gasteiger partial charge in [0.1, 0.15) is 0 Å². The first kappa shape index (κ1) is 39.6. The Kier molecular flexibility index (Phi) is 7.97. The molecule has 4 unspecified atom stereocenters. The minimum atomic E-state index is -1.09. The number of imide groups is 2. The predicted molar refractivity (Wildman–Crippen MR) is 273 cm³/mol. The van der Waals surface area contributed by atoms with Crippen molar-refractivity contribution in [3.05, 3.63) is 188 Å². The van der Waals surface area contributed by atoms with E-state index >= 15 is 9.59 Å². The molecule has 4 aromatic heterocycles. The summed E-state index contributed by atoms with van der Waals surface area (Å²) in [5.74, 6) is -6.59. The maximum atomic E-state index is 15.5. The van der Waals surface area contributed by atoms with Gasteiger partial charge in [-0.15, -0.1) is 5.10 Å². The van der Waals surface area contributed by atoms with Gasteiger partial charge in [0.15, 0.2) is 0 Å². The van der Waals surface area contributed by atoms with E-state index in [0.29, 0.717) is 22.6 Å². The fourth-order valence-electron chi connectivity index (χ4n) is 12.2. The largest absolute Gasteiger partial charge is 0.403 e. The molecule has 6 heterocycles. The summed E-state index contributed by atoms with van der Waals surface area (Å²) in [6.07, 6.45) is 0. The second-order valence-electron chi connectivity index (χ2n) is 18.8. The summed E-state index contributed by atoms with van der Waals surface area (Å²) >= 11 is 0. The molecule has 1 saturated carbocycles. The predicted octanol–water partition coefficient (Wildman–Crippen LogP) is 11.3. The van der Waals surface area contributed by atoms with Crippen molar-refractivity contribution < 1.29 is 23.6 Å². The van der Waals surface area contributed by atoms with Crippen molar-refractivity contribution in [2.45, 2.75) is 6.92 Å². The monoisotopic (exact) mass is 923 g/mol. The van der Waals surface area contributed by atoms with E-state index in [1.807, 2.05) is 110 Å². The molecule has 3 aliphatic rings. The zero-order chi connectivity index (χ0) is 47.4. The van der Waals surface area contributed by atoms with Crippen molar-refractivity contribution in [2.75, 3.05) is 9.80 Å². The molecule has 4 atom stereocenters. The molecule has 12 aromatic rings. The van der Waals surface area contributed by atoms with Crippen molar-refractivity contribution in [3.8, 4) is 28.5 Å². The van der Waals surface area contributed by atoms with Gasteiger partial charge in [-0.2, -0.15) is 4.90 Å². The zero-order valence-electron chi connectivity index (χ0n) is 37.8. The number of aromatic nitrogens is 5. The zero-order valence-corrected chi connectivity index (χ0v) is 37.8. The van der Waals surface area contributed by atoms with E-state index in [1.54, 1.807) is 0 Å². The molecule has 1 aliphatic carbocycles. The Morgan fingerprint density at radius 1 is 0.366 bits per heavy atom. The fourth-order valence-corrected chi connectivity index (χ4v) is 12.2. The highest BCUT2D eigenvalue weighted by Crippen LogP contribution is 2.58. The maximum Gasteiger partial charge on any atom is 0.332 e. The third kappa shape index (κ3) is 5.22. The fraction of sp³-hybridized carbons (Fsp3) is 0.0847. The van der Waals surface area contributed by atoms with Gasteiger partial charge in [0.25, 0.3) is 0 Å². The van der Waals surface area contributed by atoms with Gasteiger partial charge in [0.05, 0.1) is 79.5 Å². The van der Waals surface area contributed by atoms with E-state index in [9.17, 15) is 9.59 Å². The molecule has 15 rings (SSSR count). The van der Waals surface area contributed by atoms with Crippen LogP contribution in [0.5, 0.6) is 0 Å². The highest BCUT2D eigenvalue weighted by molar-refractivity contribution is 6.32. The first-order valence-electron chi connectivity index (χ1n) is 23.7. The van der Waals surface area contributed by atoms with Crippen LogP contribution in [-0.2, 0) is 19.2 Å². The van der Waals surface area contributed by atoms with E-state index in [-0.39, 0.29) is 11.9 Å². The topological polar surface area (TPSA) is 128 Å². The van der Waals surface area contributed by atoms with Crippen LogP contribution in [0, 0.1) is 30.6 Å². The Labute approximate surface area is 403 Å². The van der Waals surface area contributed by atoms with E-state index in [0.717, 1.165) is 81.6 Å². The average Bonchev–Trinajstić information content (AvgIpc) is 4.22. The van der Waals surface area contributed by atoms with Gasteiger partial charge in [-0.25, -0.2) is 4.90 Å². The number of benzene rings is 8. The molecule has 0 radical (unpaired) electrons. The van der Waals surface area contributed by atoms with Crippen LogP contribution < -0.4 is 9.80 Å². The molecule has 3 fully saturated rings. The standard InChI is InChI=1S/C59H37N7O5/c1-32-26-28-33(29-27-32)54-60-61-59(71-54)66-57(69)52-50-51(53(52)58(66)70)56(68)65(55(50)67)49-31-47(63-42-22-10-4-16-36(42)37-17-5-11-23-43(37)63)46(62-40-20-8-2-14-34(40)35-15-3-9-21-41(35)62)30-48(49)64-44-24-12-6-18-38(44)39-19-7-13-25-45(39)64/h2-31,50-53H,1H3. The van der Waals surface area contributed by atoms with Crippen LogP contribution in [0.3, 0.4) is 0 Å². The Morgan fingerprint density at radius 2 is 0.676 bits per heavy atom. The third-order valence-corrected chi connectivity index (χ3v) is 15.2. The molecule has 2 saturated heterocycles. The van der Waals surface area contributed by atoms with E-state index in [1.165, 1.54) is 4.90 Å². The Bertz CT molecular complexity index is 4150. The molecule has 0 N–H and O–H groups in total. The number of amides is 4. The number of hydrogen-bond acceptors (Lipinski definition) is 7. The summed E-state index contributed by atoms with van der Waals surface area (Å²) in [5, 5.41) is 14.5. The summed E-state index contributed by atoms with van der Waals surface area (Å²) in [6, 6.07) is 60.7. The molecule has 12 heteroatoms. The SMILES string of the molecule is Cc1ccc(-c2nnc(N3C(=O)C4C(C3=O)C3C(=O)N(c5cc(-n6c7ccccc7c7ccccc76)c(-n6c7ccccc7c7ccccc76)cc5-n5c6ccccc6c6ccccc65)C(=O)C43)o2)cc1. The summed E-state index contributed by atoms with van der Waals surface area (Å²) < 4.78 is 12.6. The van der Waals surface area contributed by atoms with Gasteiger partial charge in [-0.05, 0) is 67.6 Å².